The summed E-state index contributed by atoms with van der Waals surface area (Å²) in [5.41, 5.74) is 1.35. The molecule has 5 heteroatoms. The lowest BCUT2D eigenvalue weighted by molar-refractivity contribution is -0.131. The van der Waals surface area contributed by atoms with Crippen LogP contribution in [0.25, 0.3) is 0 Å². The van der Waals surface area contributed by atoms with Gasteiger partial charge in [0.25, 0.3) is 0 Å². The first-order valence-corrected chi connectivity index (χ1v) is 6.35. The average Bonchev–Trinajstić information content (AvgIpc) is 2.83. The van der Waals surface area contributed by atoms with E-state index in [9.17, 15) is 14.4 Å². The minimum atomic E-state index is -1.14. The van der Waals surface area contributed by atoms with E-state index >= 15 is 0 Å². The topological polar surface area (TPSA) is 74.7 Å². The van der Waals surface area contributed by atoms with Crippen molar-refractivity contribution in [3.63, 3.8) is 0 Å². The molecule has 1 amide bonds. The van der Waals surface area contributed by atoms with Gasteiger partial charge >= 0.3 is 5.97 Å². The normalized spacial score (nSPS) is 15.6. The van der Waals surface area contributed by atoms with Crippen LogP contribution in [0.3, 0.4) is 0 Å². The number of rotatable bonds is 4. The highest BCUT2D eigenvalue weighted by Crippen LogP contribution is 2.22. The van der Waals surface area contributed by atoms with Crippen molar-refractivity contribution in [2.45, 2.75) is 19.8 Å². The Morgan fingerprint density at radius 2 is 1.90 bits per heavy atom. The van der Waals surface area contributed by atoms with Gasteiger partial charge < -0.3 is 10.0 Å². The van der Waals surface area contributed by atoms with Crippen LogP contribution in [0.4, 0.5) is 5.69 Å². The summed E-state index contributed by atoms with van der Waals surface area (Å²) in [4.78, 5) is 35.8. The van der Waals surface area contributed by atoms with Crippen molar-refractivity contribution in [2.75, 3.05) is 11.4 Å². The quantitative estimate of drug-likeness (QED) is 0.672. The summed E-state index contributed by atoms with van der Waals surface area (Å²) in [5, 5.41) is 8.62. The van der Waals surface area contributed by atoms with Gasteiger partial charge in [-0.05, 0) is 37.6 Å². The lowest BCUT2D eigenvalue weighted by Gasteiger charge is -2.15. The molecule has 0 unspecified atom stereocenters. The zero-order valence-corrected chi connectivity index (χ0v) is 11.1. The molecule has 0 atom stereocenters. The Kier molecular flexibility index (Phi) is 3.98. The molecule has 0 aliphatic carbocycles. The van der Waals surface area contributed by atoms with E-state index in [2.05, 4.69) is 0 Å². The first-order valence-electron chi connectivity index (χ1n) is 6.35. The predicted octanol–water partition coefficient (Wildman–Crippen LogP) is 2.03. The van der Waals surface area contributed by atoms with Crippen LogP contribution >= 0.6 is 0 Å². The third kappa shape index (κ3) is 2.93. The van der Waals surface area contributed by atoms with Crippen LogP contribution in [0.15, 0.2) is 35.9 Å². The van der Waals surface area contributed by atoms with Crippen molar-refractivity contribution in [3.8, 4) is 0 Å². The molecule has 1 aliphatic rings. The average molecular weight is 273 g/mol. The van der Waals surface area contributed by atoms with Gasteiger partial charge in [0.05, 0.1) is 0 Å². The number of amides is 1. The number of ketones is 1. The second-order valence-corrected chi connectivity index (χ2v) is 4.69. The molecule has 2 rings (SSSR count). The predicted molar refractivity (Wildman–Crippen MR) is 73.8 cm³/mol. The van der Waals surface area contributed by atoms with E-state index in [1.807, 2.05) is 0 Å². The smallest absolute Gasteiger partial charge is 0.328 e. The first-order chi connectivity index (χ1) is 9.49. The summed E-state index contributed by atoms with van der Waals surface area (Å²) in [6, 6.07) is 6.65. The van der Waals surface area contributed by atoms with Crippen LogP contribution in [0.1, 0.15) is 30.1 Å². The molecule has 20 heavy (non-hydrogen) atoms. The molecule has 0 bridgehead atoms. The number of hydrogen-bond acceptors (Lipinski definition) is 3. The summed E-state index contributed by atoms with van der Waals surface area (Å²) in [7, 11) is 0. The minimum Gasteiger partial charge on any atom is -0.478 e. The highest BCUT2D eigenvalue weighted by atomic mass is 16.4. The van der Waals surface area contributed by atoms with Crippen molar-refractivity contribution in [2.24, 2.45) is 0 Å². The maximum atomic E-state index is 12.0. The van der Waals surface area contributed by atoms with E-state index in [0.29, 0.717) is 18.5 Å². The van der Waals surface area contributed by atoms with Crippen LogP contribution in [0, 0.1) is 0 Å². The Morgan fingerprint density at radius 3 is 2.40 bits per heavy atom. The minimum absolute atomic E-state index is 0.0889. The maximum absolute atomic E-state index is 12.0. The van der Waals surface area contributed by atoms with Gasteiger partial charge in [-0.2, -0.15) is 0 Å². The van der Waals surface area contributed by atoms with Crippen molar-refractivity contribution < 1.29 is 19.5 Å². The number of Topliss-reactive ketones (excluding diaryl/α,β-unsaturated/α-hetero) is 1. The van der Waals surface area contributed by atoms with Gasteiger partial charge in [-0.1, -0.05) is 0 Å². The van der Waals surface area contributed by atoms with Crippen molar-refractivity contribution in [1.82, 2.24) is 0 Å². The lowest BCUT2D eigenvalue weighted by atomic mass is 10.0. The van der Waals surface area contributed by atoms with E-state index in [0.717, 1.165) is 18.2 Å². The van der Waals surface area contributed by atoms with Gasteiger partial charge in [-0.25, -0.2) is 4.79 Å². The van der Waals surface area contributed by atoms with E-state index in [1.54, 1.807) is 29.2 Å². The molecule has 1 saturated heterocycles. The molecule has 1 aliphatic heterocycles. The van der Waals surface area contributed by atoms with Gasteiger partial charge in [0, 0.05) is 35.9 Å². The first kappa shape index (κ1) is 14.0. The van der Waals surface area contributed by atoms with Gasteiger partial charge in [-0.15, -0.1) is 0 Å². The molecule has 0 saturated carbocycles. The van der Waals surface area contributed by atoms with Crippen LogP contribution in [0.2, 0.25) is 0 Å². The van der Waals surface area contributed by atoms with Crippen LogP contribution in [0.5, 0.6) is 0 Å². The fourth-order valence-corrected chi connectivity index (χ4v) is 2.19. The molecule has 1 aromatic rings. The largest absolute Gasteiger partial charge is 0.478 e. The summed E-state index contributed by atoms with van der Waals surface area (Å²) in [6.07, 6.45) is 2.29. The number of allylic oxidation sites excluding steroid dienone is 1. The fourth-order valence-electron chi connectivity index (χ4n) is 2.19. The summed E-state index contributed by atoms with van der Waals surface area (Å²) >= 11 is 0. The van der Waals surface area contributed by atoms with Gasteiger partial charge in [-0.3, -0.25) is 9.59 Å². The Morgan fingerprint density at radius 1 is 1.25 bits per heavy atom. The van der Waals surface area contributed by atoms with Crippen molar-refractivity contribution >= 4 is 23.3 Å². The third-order valence-corrected chi connectivity index (χ3v) is 3.21. The molecule has 0 aromatic heterocycles. The number of carbonyl (C=O) groups excluding carboxylic acids is 2. The highest BCUT2D eigenvalue weighted by molar-refractivity contribution is 6.10. The van der Waals surface area contributed by atoms with E-state index in [1.165, 1.54) is 6.92 Å². The SMILES string of the molecule is CC(=CC(=O)O)C(=O)c1ccc(N2CCCC2=O)cc1. The molecular formula is C15H15NO4. The van der Waals surface area contributed by atoms with E-state index < -0.39 is 5.97 Å². The lowest BCUT2D eigenvalue weighted by Crippen LogP contribution is -2.23. The summed E-state index contributed by atoms with van der Waals surface area (Å²) in [6.45, 7) is 2.17. The number of nitrogens with zero attached hydrogens (tertiary/aromatic N) is 1. The second-order valence-electron chi connectivity index (χ2n) is 4.69. The van der Waals surface area contributed by atoms with Crippen LogP contribution in [-0.4, -0.2) is 29.3 Å². The monoisotopic (exact) mass is 273 g/mol. The molecule has 1 aromatic carbocycles. The van der Waals surface area contributed by atoms with E-state index in [4.69, 9.17) is 5.11 Å². The molecular weight excluding hydrogens is 258 g/mol. The number of benzene rings is 1. The van der Waals surface area contributed by atoms with Gasteiger partial charge in [0.1, 0.15) is 0 Å². The molecule has 1 heterocycles. The number of aliphatic carboxylic acids is 1. The molecule has 1 N–H and O–H groups in total. The summed E-state index contributed by atoms with van der Waals surface area (Å²) in [5.74, 6) is -1.38. The van der Waals surface area contributed by atoms with E-state index in [-0.39, 0.29) is 17.3 Å². The van der Waals surface area contributed by atoms with Gasteiger partial charge in [0.15, 0.2) is 5.78 Å². The zero-order chi connectivity index (χ0) is 14.7. The van der Waals surface area contributed by atoms with Crippen LogP contribution in [-0.2, 0) is 9.59 Å². The maximum Gasteiger partial charge on any atom is 0.328 e. The van der Waals surface area contributed by atoms with Gasteiger partial charge in [0.2, 0.25) is 5.91 Å². The Bertz CT molecular complexity index is 586. The fraction of sp³-hybridized carbons (Fsp3) is 0.267. The van der Waals surface area contributed by atoms with Crippen molar-refractivity contribution in [1.29, 1.82) is 0 Å². The number of carboxylic acid groups (broad SMARTS) is 1. The Hall–Kier alpha value is -2.43. The summed E-state index contributed by atoms with van der Waals surface area (Å²) < 4.78 is 0. The molecule has 0 spiro atoms. The third-order valence-electron chi connectivity index (χ3n) is 3.21. The Balaban J connectivity index is 2.18. The highest BCUT2D eigenvalue weighted by Gasteiger charge is 2.21. The number of carbonyl (C=O) groups is 3. The molecule has 5 nitrogen and oxygen atoms in total. The number of hydrogen-bond donors (Lipinski definition) is 1. The van der Waals surface area contributed by atoms with Crippen molar-refractivity contribution in [3.05, 3.63) is 41.5 Å². The second kappa shape index (κ2) is 5.69. The standard InChI is InChI=1S/C15H15NO4/c1-10(9-14(18)19)15(20)11-4-6-12(7-5-11)16-8-2-3-13(16)17/h4-7,9H,2-3,8H2,1H3,(H,18,19). The number of carboxylic acids is 1. The molecule has 104 valence electrons. The van der Waals surface area contributed by atoms with Crippen LogP contribution < -0.4 is 4.90 Å². The molecule has 1 fully saturated rings. The Labute approximate surface area is 116 Å². The number of anilines is 1. The zero-order valence-electron chi connectivity index (χ0n) is 11.1. The molecule has 0 radical (unpaired) electrons.